The molecule has 0 N–H and O–H groups in total. The van der Waals surface area contributed by atoms with Crippen molar-refractivity contribution in [3.63, 3.8) is 0 Å². The van der Waals surface area contributed by atoms with E-state index in [1.54, 1.807) is 12.1 Å². The van der Waals surface area contributed by atoms with Crippen molar-refractivity contribution in [3.05, 3.63) is 81.3 Å². The molecule has 2 aliphatic rings. The van der Waals surface area contributed by atoms with Crippen LogP contribution in [0.1, 0.15) is 37.0 Å². The summed E-state index contributed by atoms with van der Waals surface area (Å²) in [7, 11) is 1.92. The third-order valence-electron chi connectivity index (χ3n) is 6.92. The first-order chi connectivity index (χ1) is 16.8. The van der Waals surface area contributed by atoms with E-state index in [1.165, 1.54) is 6.08 Å². The Kier molecular flexibility index (Phi) is 5.71. The Bertz CT molecular complexity index is 1430. The van der Waals surface area contributed by atoms with Gasteiger partial charge in [-0.15, -0.1) is 0 Å². The van der Waals surface area contributed by atoms with Crippen molar-refractivity contribution < 1.29 is 23.5 Å². The summed E-state index contributed by atoms with van der Waals surface area (Å²) in [6, 6.07) is 13.2. The third kappa shape index (κ3) is 4.11. The van der Waals surface area contributed by atoms with Crippen LogP contribution in [0.4, 0.5) is 5.69 Å². The van der Waals surface area contributed by atoms with Gasteiger partial charge in [-0.25, -0.2) is 9.59 Å². The Balaban J connectivity index is 1.19. The fraction of sp³-hybridized carbons (Fsp3) is 0.321. The normalized spacial score (nSPS) is 16.9. The number of carbonyl (C=O) groups is 2. The summed E-state index contributed by atoms with van der Waals surface area (Å²) in [5.74, 6) is -0.576. The number of esters is 1. The maximum atomic E-state index is 12.6. The van der Waals surface area contributed by atoms with Gasteiger partial charge in [0.1, 0.15) is 11.3 Å². The summed E-state index contributed by atoms with van der Waals surface area (Å²) in [4.78, 5) is 38.9. The smallest absolute Gasteiger partial charge is 0.344 e. The number of nitrogens with zero attached hydrogens (tertiary/aromatic N) is 1. The average Bonchev–Trinajstić information content (AvgIpc) is 3.41. The van der Waals surface area contributed by atoms with Crippen LogP contribution in [0.25, 0.3) is 11.0 Å². The van der Waals surface area contributed by atoms with Crippen molar-refractivity contribution >= 4 is 28.4 Å². The standard InChI is InChI=1S/C28H27NO6/c1-28(2)22-9-4-5-10-23(22)29(3)25(28)13-17(30)15-34-26(31)16-33-18-11-12-20-19-7-6-8-21(19)27(32)35-24(20)14-18/h4-5,9-14H,6-8,15-16H2,1-3H3. The quantitative estimate of drug-likeness (QED) is 0.303. The maximum absolute atomic E-state index is 12.6. The Morgan fingerprint density at radius 1 is 1.09 bits per heavy atom. The van der Waals surface area contributed by atoms with Crippen LogP contribution in [0.2, 0.25) is 0 Å². The zero-order valence-corrected chi connectivity index (χ0v) is 20.1. The number of benzene rings is 2. The average molecular weight is 474 g/mol. The molecule has 0 saturated carbocycles. The van der Waals surface area contributed by atoms with E-state index < -0.39 is 5.97 Å². The summed E-state index contributed by atoms with van der Waals surface area (Å²) in [6.45, 7) is 3.40. The minimum atomic E-state index is -0.658. The van der Waals surface area contributed by atoms with Crippen molar-refractivity contribution in [2.75, 3.05) is 25.2 Å². The second kappa shape index (κ2) is 8.73. The van der Waals surface area contributed by atoms with Crippen molar-refractivity contribution in [2.45, 2.75) is 38.5 Å². The van der Waals surface area contributed by atoms with Crippen molar-refractivity contribution in [1.29, 1.82) is 0 Å². The molecular formula is C28H27NO6. The number of rotatable bonds is 6. The van der Waals surface area contributed by atoms with Crippen molar-refractivity contribution in [2.24, 2.45) is 0 Å². The second-order valence-corrected chi connectivity index (χ2v) is 9.50. The first-order valence-corrected chi connectivity index (χ1v) is 11.7. The van der Waals surface area contributed by atoms with Crippen LogP contribution in [-0.4, -0.2) is 32.0 Å². The van der Waals surface area contributed by atoms with Crippen molar-refractivity contribution in [3.8, 4) is 5.75 Å². The predicted molar refractivity (Wildman–Crippen MR) is 132 cm³/mol. The van der Waals surface area contributed by atoms with Gasteiger partial charge in [0.05, 0.1) is 0 Å². The van der Waals surface area contributed by atoms with E-state index in [4.69, 9.17) is 13.9 Å². The monoisotopic (exact) mass is 473 g/mol. The molecule has 5 rings (SSSR count). The van der Waals surface area contributed by atoms with Crippen LogP contribution in [0, 0.1) is 0 Å². The van der Waals surface area contributed by atoms with E-state index >= 15 is 0 Å². The van der Waals surface area contributed by atoms with E-state index in [0.717, 1.165) is 52.7 Å². The third-order valence-corrected chi connectivity index (χ3v) is 6.92. The number of aryl methyl sites for hydroxylation is 1. The molecule has 2 heterocycles. The van der Waals surface area contributed by atoms with E-state index in [0.29, 0.717) is 11.3 Å². The van der Waals surface area contributed by atoms with E-state index in [2.05, 4.69) is 19.9 Å². The predicted octanol–water partition coefficient (Wildman–Crippen LogP) is 4.08. The Morgan fingerprint density at radius 2 is 1.86 bits per heavy atom. The molecule has 0 fully saturated rings. The molecule has 7 nitrogen and oxygen atoms in total. The van der Waals surface area contributed by atoms with Crippen LogP contribution in [0.5, 0.6) is 5.75 Å². The molecule has 3 aromatic rings. The molecule has 35 heavy (non-hydrogen) atoms. The van der Waals surface area contributed by atoms with E-state index in [9.17, 15) is 14.4 Å². The number of hydrogen-bond donors (Lipinski definition) is 0. The lowest BCUT2D eigenvalue weighted by Gasteiger charge is -2.23. The fourth-order valence-corrected chi connectivity index (χ4v) is 5.14. The van der Waals surface area contributed by atoms with Gasteiger partial charge >= 0.3 is 11.6 Å². The fourth-order valence-electron chi connectivity index (χ4n) is 5.14. The van der Waals surface area contributed by atoms with Gasteiger partial charge in [-0.2, -0.15) is 0 Å². The van der Waals surface area contributed by atoms with Gasteiger partial charge in [-0.05, 0) is 48.6 Å². The lowest BCUT2D eigenvalue weighted by molar-refractivity contribution is -0.148. The SMILES string of the molecule is CN1C(=CC(=O)COC(=O)COc2ccc3c4c(c(=O)oc3c2)CCC4)C(C)(C)c2ccccc21. The van der Waals surface area contributed by atoms with Gasteiger partial charge < -0.3 is 18.8 Å². The number of hydrogen-bond acceptors (Lipinski definition) is 7. The number of ketones is 1. The van der Waals surface area contributed by atoms with Crippen LogP contribution >= 0.6 is 0 Å². The van der Waals surface area contributed by atoms with Gasteiger partial charge in [0.2, 0.25) is 0 Å². The maximum Gasteiger partial charge on any atom is 0.344 e. The summed E-state index contributed by atoms with van der Waals surface area (Å²) < 4.78 is 16.1. The number of anilines is 1. The number of para-hydroxylation sites is 1. The number of fused-ring (bicyclic) bond motifs is 4. The molecule has 0 saturated heterocycles. The molecule has 180 valence electrons. The molecule has 2 aromatic carbocycles. The molecule has 1 aliphatic carbocycles. The lowest BCUT2D eigenvalue weighted by atomic mass is 9.83. The van der Waals surface area contributed by atoms with Gasteiger partial charge in [0.25, 0.3) is 0 Å². The first kappa shape index (κ1) is 22.9. The highest BCUT2D eigenvalue weighted by Crippen LogP contribution is 2.46. The van der Waals surface area contributed by atoms with Crippen LogP contribution < -0.4 is 15.3 Å². The highest BCUT2D eigenvalue weighted by Gasteiger charge is 2.38. The molecule has 0 radical (unpaired) electrons. The summed E-state index contributed by atoms with van der Waals surface area (Å²) >= 11 is 0. The Labute approximate surface area is 202 Å². The number of carbonyl (C=O) groups excluding carboxylic acids is 2. The summed E-state index contributed by atoms with van der Waals surface area (Å²) in [5.41, 5.74) is 4.63. The Morgan fingerprint density at radius 3 is 2.66 bits per heavy atom. The van der Waals surface area contributed by atoms with Gasteiger partial charge in [-0.1, -0.05) is 32.0 Å². The highest BCUT2D eigenvalue weighted by atomic mass is 16.6. The minimum Gasteiger partial charge on any atom is -0.482 e. The van der Waals surface area contributed by atoms with E-state index in [-0.39, 0.29) is 30.0 Å². The largest absolute Gasteiger partial charge is 0.482 e. The van der Waals surface area contributed by atoms with Gasteiger partial charge in [-0.3, -0.25) is 4.79 Å². The molecule has 0 atom stereocenters. The molecule has 1 aliphatic heterocycles. The summed E-state index contributed by atoms with van der Waals surface area (Å²) in [6.07, 6.45) is 4.08. The van der Waals surface area contributed by atoms with Gasteiger partial charge in [0.15, 0.2) is 19.0 Å². The second-order valence-electron chi connectivity index (χ2n) is 9.50. The topological polar surface area (TPSA) is 86.0 Å². The molecule has 7 heteroatoms. The molecule has 0 amide bonds. The number of allylic oxidation sites excluding steroid dienone is 1. The highest BCUT2D eigenvalue weighted by molar-refractivity contribution is 5.94. The van der Waals surface area contributed by atoms with Crippen LogP contribution in [-0.2, 0) is 32.6 Å². The molecular weight excluding hydrogens is 446 g/mol. The van der Waals surface area contributed by atoms with Crippen LogP contribution in [0.3, 0.4) is 0 Å². The first-order valence-electron chi connectivity index (χ1n) is 11.7. The lowest BCUT2D eigenvalue weighted by Crippen LogP contribution is -2.25. The molecule has 0 spiro atoms. The van der Waals surface area contributed by atoms with Crippen LogP contribution in [0.15, 0.2) is 63.4 Å². The molecule has 0 bridgehead atoms. The summed E-state index contributed by atoms with van der Waals surface area (Å²) in [5, 5.41) is 0.896. The zero-order valence-electron chi connectivity index (χ0n) is 20.1. The van der Waals surface area contributed by atoms with Gasteiger partial charge in [0, 0.05) is 46.9 Å². The van der Waals surface area contributed by atoms with Crippen molar-refractivity contribution in [1.82, 2.24) is 0 Å². The van der Waals surface area contributed by atoms with E-state index in [1.807, 2.05) is 36.2 Å². The molecule has 0 unspecified atom stereocenters. The molecule has 1 aromatic heterocycles. The minimum absolute atomic E-state index is 0.303. The number of likely N-dealkylation sites (N-methyl/N-ethyl adjacent to an activating group) is 1. The zero-order chi connectivity index (χ0) is 24.7. The Hall–Kier alpha value is -3.87. The number of ether oxygens (including phenoxy) is 2.